The lowest BCUT2D eigenvalue weighted by atomic mass is 10.1. The lowest BCUT2D eigenvalue weighted by molar-refractivity contribution is 0.625. The van der Waals surface area contributed by atoms with E-state index in [-0.39, 0.29) is 10.3 Å². The van der Waals surface area contributed by atoms with Crippen LogP contribution in [0.2, 0.25) is 10.0 Å². The van der Waals surface area contributed by atoms with Crippen LogP contribution in [-0.2, 0) is 0 Å². The number of hydrogen-bond acceptors (Lipinski definition) is 1. The number of benzene rings is 1. The Morgan fingerprint density at radius 2 is 2.08 bits per heavy atom. The highest BCUT2D eigenvalue weighted by molar-refractivity contribution is 7.80. The smallest absolute Gasteiger partial charge is 0.142 e. The number of rotatable bonds is 2. The van der Waals surface area contributed by atoms with E-state index in [0.717, 1.165) is 6.42 Å². The minimum atomic E-state index is -0.450. The predicted molar refractivity (Wildman–Crippen MR) is 58.4 cm³/mol. The second-order valence-corrected chi connectivity index (χ2v) is 4.09. The van der Waals surface area contributed by atoms with Crippen LogP contribution in [0.3, 0.4) is 0 Å². The second kappa shape index (κ2) is 4.54. The molecule has 1 aromatic rings. The van der Waals surface area contributed by atoms with Crippen molar-refractivity contribution in [1.82, 2.24) is 0 Å². The third-order valence-corrected chi connectivity index (χ3v) is 3.14. The molecule has 0 aromatic heterocycles. The Hall–Kier alpha value is 0.0800. The zero-order chi connectivity index (χ0) is 10.0. The molecule has 1 atom stereocenters. The van der Waals surface area contributed by atoms with Crippen LogP contribution in [-0.4, -0.2) is 0 Å². The first kappa shape index (κ1) is 11.2. The molecular weight excluding hydrogens is 230 g/mol. The molecular formula is C9H9Cl2FS. The molecule has 72 valence electrons. The van der Waals surface area contributed by atoms with Crippen molar-refractivity contribution in [1.29, 1.82) is 0 Å². The predicted octanol–water partition coefficient (Wildman–Crippen LogP) is 4.51. The van der Waals surface area contributed by atoms with Gasteiger partial charge < -0.3 is 0 Å². The summed E-state index contributed by atoms with van der Waals surface area (Å²) < 4.78 is 13.0. The summed E-state index contributed by atoms with van der Waals surface area (Å²) in [7, 11) is 0. The Bertz CT molecular complexity index is 315. The first-order valence-corrected chi connectivity index (χ1v) is 5.16. The molecule has 0 fully saturated rings. The summed E-state index contributed by atoms with van der Waals surface area (Å²) >= 11 is 15.9. The van der Waals surface area contributed by atoms with Gasteiger partial charge in [-0.25, -0.2) is 4.39 Å². The monoisotopic (exact) mass is 238 g/mol. The normalized spacial score (nSPS) is 13.0. The van der Waals surface area contributed by atoms with E-state index in [1.54, 1.807) is 0 Å². The van der Waals surface area contributed by atoms with Crippen LogP contribution in [0.4, 0.5) is 4.39 Å². The molecule has 1 unspecified atom stereocenters. The molecule has 1 aromatic carbocycles. The number of hydrogen-bond donors (Lipinski definition) is 1. The Labute approximate surface area is 92.5 Å². The van der Waals surface area contributed by atoms with E-state index >= 15 is 0 Å². The van der Waals surface area contributed by atoms with Gasteiger partial charge in [0, 0.05) is 15.8 Å². The first-order valence-electron chi connectivity index (χ1n) is 3.89. The minimum absolute atomic E-state index is 0.0781. The maximum Gasteiger partial charge on any atom is 0.142 e. The van der Waals surface area contributed by atoms with Gasteiger partial charge in [-0.2, -0.15) is 12.6 Å². The first-order chi connectivity index (χ1) is 6.07. The zero-order valence-corrected chi connectivity index (χ0v) is 9.43. The van der Waals surface area contributed by atoms with Gasteiger partial charge in [0.2, 0.25) is 0 Å². The van der Waals surface area contributed by atoms with E-state index in [9.17, 15) is 4.39 Å². The van der Waals surface area contributed by atoms with E-state index in [2.05, 4.69) is 12.6 Å². The molecule has 1 rings (SSSR count). The maximum absolute atomic E-state index is 13.0. The van der Waals surface area contributed by atoms with Crippen molar-refractivity contribution in [3.63, 3.8) is 0 Å². The van der Waals surface area contributed by atoms with Crippen LogP contribution in [0.5, 0.6) is 0 Å². The molecule has 0 aliphatic heterocycles. The number of halogens is 3. The minimum Gasteiger partial charge on any atom is -0.205 e. The molecule has 0 radical (unpaired) electrons. The van der Waals surface area contributed by atoms with Gasteiger partial charge in [0.15, 0.2) is 0 Å². The van der Waals surface area contributed by atoms with Crippen LogP contribution in [0, 0.1) is 5.82 Å². The largest absolute Gasteiger partial charge is 0.205 e. The summed E-state index contributed by atoms with van der Waals surface area (Å²) in [5.41, 5.74) is 0.578. The average Bonchev–Trinajstić information content (AvgIpc) is 2.12. The highest BCUT2D eigenvalue weighted by atomic mass is 35.5. The van der Waals surface area contributed by atoms with E-state index < -0.39 is 5.82 Å². The average molecular weight is 239 g/mol. The Morgan fingerprint density at radius 3 is 2.62 bits per heavy atom. The fraction of sp³-hybridized carbons (Fsp3) is 0.333. The SMILES string of the molecule is CCC(S)c1c(Cl)ccc(F)c1Cl. The van der Waals surface area contributed by atoms with E-state index in [1.807, 2.05) is 6.92 Å². The molecule has 13 heavy (non-hydrogen) atoms. The second-order valence-electron chi connectivity index (χ2n) is 2.68. The van der Waals surface area contributed by atoms with Crippen LogP contribution >= 0.6 is 35.8 Å². The van der Waals surface area contributed by atoms with E-state index in [4.69, 9.17) is 23.2 Å². The molecule has 0 amide bonds. The third kappa shape index (κ3) is 2.30. The number of thiol groups is 1. The van der Waals surface area contributed by atoms with Gasteiger partial charge in [-0.15, -0.1) is 0 Å². The zero-order valence-electron chi connectivity index (χ0n) is 7.02. The van der Waals surface area contributed by atoms with Gasteiger partial charge in [0.05, 0.1) is 5.02 Å². The molecule has 0 saturated heterocycles. The van der Waals surface area contributed by atoms with Crippen LogP contribution in [0.15, 0.2) is 12.1 Å². The van der Waals surface area contributed by atoms with Crippen LogP contribution in [0.25, 0.3) is 0 Å². The van der Waals surface area contributed by atoms with Crippen molar-refractivity contribution in [2.75, 3.05) is 0 Å². The lowest BCUT2D eigenvalue weighted by Crippen LogP contribution is -1.93. The van der Waals surface area contributed by atoms with Crippen molar-refractivity contribution < 1.29 is 4.39 Å². The molecule has 0 spiro atoms. The summed E-state index contributed by atoms with van der Waals surface area (Å²) in [6.07, 6.45) is 0.756. The summed E-state index contributed by atoms with van der Waals surface area (Å²) in [6, 6.07) is 2.75. The molecule has 0 bridgehead atoms. The maximum atomic E-state index is 13.0. The lowest BCUT2D eigenvalue weighted by Gasteiger charge is -2.12. The van der Waals surface area contributed by atoms with Crippen molar-refractivity contribution in [2.24, 2.45) is 0 Å². The summed E-state index contributed by atoms with van der Waals surface area (Å²) in [5.74, 6) is -0.450. The quantitative estimate of drug-likeness (QED) is 0.569. The van der Waals surface area contributed by atoms with Gasteiger partial charge in [-0.1, -0.05) is 30.1 Å². The van der Waals surface area contributed by atoms with Crippen LogP contribution < -0.4 is 0 Å². The van der Waals surface area contributed by atoms with Gasteiger partial charge in [0.1, 0.15) is 5.82 Å². The highest BCUT2D eigenvalue weighted by Crippen LogP contribution is 2.36. The molecule has 0 heterocycles. The molecule has 4 heteroatoms. The van der Waals surface area contributed by atoms with Crippen molar-refractivity contribution in [3.8, 4) is 0 Å². The van der Waals surface area contributed by atoms with Crippen LogP contribution in [0.1, 0.15) is 24.2 Å². The topological polar surface area (TPSA) is 0 Å². The van der Waals surface area contributed by atoms with Gasteiger partial charge in [-0.3, -0.25) is 0 Å². The molecule has 0 saturated carbocycles. The molecule has 0 nitrogen and oxygen atoms in total. The van der Waals surface area contributed by atoms with E-state index in [1.165, 1.54) is 12.1 Å². The van der Waals surface area contributed by atoms with Crippen molar-refractivity contribution in [3.05, 3.63) is 33.6 Å². The Balaban J connectivity index is 3.25. The molecule has 0 aliphatic rings. The molecule has 0 aliphatic carbocycles. The summed E-state index contributed by atoms with van der Waals surface area (Å²) in [4.78, 5) is 0. The fourth-order valence-electron chi connectivity index (χ4n) is 1.05. The van der Waals surface area contributed by atoms with Crippen molar-refractivity contribution in [2.45, 2.75) is 18.6 Å². The fourth-order valence-corrected chi connectivity index (χ4v) is 2.11. The Morgan fingerprint density at radius 1 is 1.46 bits per heavy atom. The van der Waals surface area contributed by atoms with Crippen molar-refractivity contribution >= 4 is 35.8 Å². The highest BCUT2D eigenvalue weighted by Gasteiger charge is 2.15. The van der Waals surface area contributed by atoms with Gasteiger partial charge >= 0.3 is 0 Å². The third-order valence-electron chi connectivity index (χ3n) is 1.80. The summed E-state index contributed by atoms with van der Waals surface area (Å²) in [6.45, 7) is 1.94. The Kier molecular flexibility index (Phi) is 3.89. The van der Waals surface area contributed by atoms with Gasteiger partial charge in [0.25, 0.3) is 0 Å². The summed E-state index contributed by atoms with van der Waals surface area (Å²) in [5, 5.41) is 0.429. The van der Waals surface area contributed by atoms with Gasteiger partial charge in [-0.05, 0) is 18.6 Å². The van der Waals surface area contributed by atoms with E-state index in [0.29, 0.717) is 10.6 Å². The molecule has 0 N–H and O–H groups in total. The standard InChI is InChI=1S/C9H9Cl2FS/c1-2-7(13)8-5(10)3-4-6(12)9(8)11/h3-4,7,13H,2H2,1H3.